The van der Waals surface area contributed by atoms with Gasteiger partial charge in [0.15, 0.2) is 0 Å². The Morgan fingerprint density at radius 1 is 1.20 bits per heavy atom. The summed E-state index contributed by atoms with van der Waals surface area (Å²) in [5, 5.41) is 0.991. The van der Waals surface area contributed by atoms with Crippen molar-refractivity contribution in [2.45, 2.75) is 27.7 Å². The maximum Gasteiger partial charge on any atom is 0.359 e. The molecule has 0 saturated carbocycles. The van der Waals surface area contributed by atoms with Crippen LogP contribution in [0.3, 0.4) is 0 Å². The van der Waals surface area contributed by atoms with Crippen molar-refractivity contribution >= 4 is 22.9 Å². The monoisotopic (exact) mass is 274 g/mol. The van der Waals surface area contributed by atoms with Crippen LogP contribution in [0, 0.1) is 12.3 Å². The molecule has 0 aliphatic heterocycles. The van der Waals surface area contributed by atoms with Crippen LogP contribution >= 0.6 is 0 Å². The zero-order valence-corrected chi connectivity index (χ0v) is 12.1. The van der Waals surface area contributed by atoms with E-state index in [1.165, 1.54) is 4.57 Å². The smallest absolute Gasteiger partial charge is 0.339 e. The number of carbonyl (C=O) groups excluding carboxylic acids is 2. The number of para-hydroxylation sites is 1. The minimum absolute atomic E-state index is 0.487. The van der Waals surface area contributed by atoms with Crippen molar-refractivity contribution in [3.8, 4) is 0 Å². The van der Waals surface area contributed by atoms with Gasteiger partial charge in [-0.25, -0.2) is 9.59 Å². The average molecular weight is 274 g/mol. The Labute approximate surface area is 117 Å². The Morgan fingerprint density at radius 3 is 2.50 bits per heavy atom. The summed E-state index contributed by atoms with van der Waals surface area (Å²) in [5.74, 6) is -0.487. The molecule has 1 aromatic carbocycles. The van der Waals surface area contributed by atoms with Crippen LogP contribution in [0.4, 0.5) is 4.79 Å². The third kappa shape index (κ3) is 2.66. The van der Waals surface area contributed by atoms with Gasteiger partial charge in [-0.2, -0.15) is 5.48 Å². The molecule has 0 bridgehead atoms. The summed E-state index contributed by atoms with van der Waals surface area (Å²) in [4.78, 5) is 28.5. The second kappa shape index (κ2) is 5.00. The first-order chi connectivity index (χ1) is 9.30. The lowest BCUT2D eigenvalue weighted by Crippen LogP contribution is -2.35. The highest BCUT2D eigenvalue weighted by molar-refractivity contribution is 5.93. The molecule has 1 N–H and O–H groups in total. The fourth-order valence-corrected chi connectivity index (χ4v) is 1.81. The Balaban J connectivity index is 2.19. The molecule has 5 nitrogen and oxygen atoms in total. The number of aromatic nitrogens is 1. The molecule has 0 fully saturated rings. The number of benzene rings is 1. The number of nitrogens with one attached hydrogen (secondary N) is 1. The van der Waals surface area contributed by atoms with E-state index in [9.17, 15) is 9.59 Å². The Morgan fingerprint density at radius 2 is 1.85 bits per heavy atom. The lowest BCUT2D eigenvalue weighted by molar-refractivity contribution is -0.158. The summed E-state index contributed by atoms with van der Waals surface area (Å²) < 4.78 is 1.43. The van der Waals surface area contributed by atoms with Crippen LogP contribution < -0.4 is 5.48 Å². The number of hydrogen-bond donors (Lipinski definition) is 1. The predicted octanol–water partition coefficient (Wildman–Crippen LogP) is 3.01. The van der Waals surface area contributed by atoms with Gasteiger partial charge in [0.2, 0.25) is 0 Å². The zero-order valence-electron chi connectivity index (χ0n) is 12.1. The normalized spacial score (nSPS) is 11.4. The minimum atomic E-state index is -0.665. The van der Waals surface area contributed by atoms with E-state index in [2.05, 4.69) is 5.48 Å². The van der Waals surface area contributed by atoms with Crippen LogP contribution in [0.5, 0.6) is 0 Å². The van der Waals surface area contributed by atoms with Gasteiger partial charge < -0.3 is 4.84 Å². The first-order valence-corrected chi connectivity index (χ1v) is 6.39. The molecule has 106 valence electrons. The highest BCUT2D eigenvalue weighted by Gasteiger charge is 2.24. The summed E-state index contributed by atoms with van der Waals surface area (Å²) in [6.07, 6.45) is 1.71. The predicted molar refractivity (Wildman–Crippen MR) is 76.2 cm³/mol. The van der Waals surface area contributed by atoms with Crippen molar-refractivity contribution in [3.63, 3.8) is 0 Å². The number of nitrogens with zero attached hydrogens (tertiary/aromatic N) is 1. The third-order valence-electron chi connectivity index (χ3n) is 2.97. The molecule has 0 atom stereocenters. The van der Waals surface area contributed by atoms with E-state index in [1.54, 1.807) is 27.0 Å². The number of hydrogen-bond acceptors (Lipinski definition) is 3. The molecule has 1 heterocycles. The quantitative estimate of drug-likeness (QED) is 0.751. The van der Waals surface area contributed by atoms with Gasteiger partial charge in [0.05, 0.1) is 10.9 Å². The largest absolute Gasteiger partial charge is 0.359 e. The number of hydroxylamine groups is 1. The molecule has 5 heteroatoms. The molecule has 2 rings (SSSR count). The van der Waals surface area contributed by atoms with Crippen molar-refractivity contribution in [3.05, 3.63) is 36.0 Å². The molecule has 0 radical (unpaired) electrons. The van der Waals surface area contributed by atoms with Crippen molar-refractivity contribution in [2.24, 2.45) is 5.41 Å². The molecule has 0 saturated heterocycles. The molecule has 2 aromatic rings. The number of amides is 1. The SMILES string of the molecule is Cc1cn(C(=O)NOC(=O)C(C)(C)C)c2ccccc12. The van der Waals surface area contributed by atoms with Crippen molar-refractivity contribution < 1.29 is 14.4 Å². The van der Waals surface area contributed by atoms with Gasteiger partial charge in [0.1, 0.15) is 0 Å². The molecule has 0 aliphatic carbocycles. The van der Waals surface area contributed by atoms with E-state index in [0.29, 0.717) is 0 Å². The van der Waals surface area contributed by atoms with Crippen molar-refractivity contribution in [1.82, 2.24) is 10.0 Å². The van der Waals surface area contributed by atoms with Crippen LogP contribution in [-0.2, 0) is 9.63 Å². The third-order valence-corrected chi connectivity index (χ3v) is 2.97. The van der Waals surface area contributed by atoms with Gasteiger partial charge in [-0.1, -0.05) is 18.2 Å². The van der Waals surface area contributed by atoms with E-state index in [0.717, 1.165) is 16.5 Å². The molecule has 1 aromatic heterocycles. The summed E-state index contributed by atoms with van der Waals surface area (Å²) in [6.45, 7) is 7.08. The number of carbonyl (C=O) groups is 2. The average Bonchev–Trinajstić information content (AvgIpc) is 2.72. The summed E-state index contributed by atoms with van der Waals surface area (Å²) >= 11 is 0. The van der Waals surface area contributed by atoms with Gasteiger partial charge >= 0.3 is 12.0 Å². The molecule has 20 heavy (non-hydrogen) atoms. The minimum Gasteiger partial charge on any atom is -0.339 e. The Kier molecular flexibility index (Phi) is 3.53. The lowest BCUT2D eigenvalue weighted by Gasteiger charge is -2.16. The highest BCUT2D eigenvalue weighted by Crippen LogP contribution is 2.20. The van der Waals surface area contributed by atoms with E-state index < -0.39 is 17.4 Å². The summed E-state index contributed by atoms with van der Waals surface area (Å²) in [6, 6.07) is 7.06. The van der Waals surface area contributed by atoms with Crippen LogP contribution in [0.2, 0.25) is 0 Å². The van der Waals surface area contributed by atoms with Crippen LogP contribution in [-0.4, -0.2) is 16.6 Å². The van der Waals surface area contributed by atoms with E-state index in [-0.39, 0.29) is 0 Å². The van der Waals surface area contributed by atoms with Gasteiger partial charge in [-0.3, -0.25) is 4.57 Å². The standard InChI is InChI=1S/C15H18N2O3/c1-10-9-17(12-8-6-5-7-11(10)12)14(19)16-20-13(18)15(2,3)4/h5-9H,1-4H3,(H,16,19). The second-order valence-electron chi connectivity index (χ2n) is 5.75. The molecular weight excluding hydrogens is 256 g/mol. The zero-order chi connectivity index (χ0) is 14.9. The van der Waals surface area contributed by atoms with Gasteiger partial charge in [0, 0.05) is 11.6 Å². The highest BCUT2D eigenvalue weighted by atomic mass is 16.7. The second-order valence-corrected chi connectivity index (χ2v) is 5.75. The molecule has 0 spiro atoms. The van der Waals surface area contributed by atoms with Crippen LogP contribution in [0.1, 0.15) is 26.3 Å². The van der Waals surface area contributed by atoms with Crippen LogP contribution in [0.25, 0.3) is 10.9 Å². The lowest BCUT2D eigenvalue weighted by atomic mass is 9.98. The summed E-state index contributed by atoms with van der Waals surface area (Å²) in [5.41, 5.74) is 3.28. The first kappa shape index (κ1) is 14.1. The van der Waals surface area contributed by atoms with Crippen LogP contribution in [0.15, 0.2) is 30.5 Å². The molecule has 0 unspecified atom stereocenters. The fourth-order valence-electron chi connectivity index (χ4n) is 1.81. The van der Waals surface area contributed by atoms with Crippen molar-refractivity contribution in [1.29, 1.82) is 0 Å². The molecule has 1 amide bonds. The van der Waals surface area contributed by atoms with Gasteiger partial charge in [0.25, 0.3) is 0 Å². The first-order valence-electron chi connectivity index (χ1n) is 6.39. The number of rotatable bonds is 0. The summed E-state index contributed by atoms with van der Waals surface area (Å²) in [7, 11) is 0. The van der Waals surface area contributed by atoms with E-state index in [1.807, 2.05) is 31.2 Å². The van der Waals surface area contributed by atoms with Gasteiger partial charge in [-0.05, 0) is 39.3 Å². The fraction of sp³-hybridized carbons (Fsp3) is 0.333. The Hall–Kier alpha value is -2.30. The van der Waals surface area contributed by atoms with E-state index in [4.69, 9.17) is 4.84 Å². The van der Waals surface area contributed by atoms with E-state index >= 15 is 0 Å². The molecular formula is C15H18N2O3. The molecule has 0 aliphatic rings. The number of fused-ring (bicyclic) bond motifs is 1. The maximum absolute atomic E-state index is 12.1. The number of aryl methyl sites for hydroxylation is 1. The van der Waals surface area contributed by atoms with Gasteiger partial charge in [-0.15, -0.1) is 0 Å². The Bertz CT molecular complexity index is 665. The van der Waals surface area contributed by atoms with Crippen molar-refractivity contribution in [2.75, 3.05) is 0 Å². The maximum atomic E-state index is 12.1. The topological polar surface area (TPSA) is 60.3 Å².